The molecule has 124 valence electrons. The molecule has 0 bridgehead atoms. The van der Waals surface area contributed by atoms with Crippen LogP contribution in [0.25, 0.3) is 0 Å². The summed E-state index contributed by atoms with van der Waals surface area (Å²) in [5.74, 6) is 0.468. The summed E-state index contributed by atoms with van der Waals surface area (Å²) in [4.78, 5) is 26.3. The molecular formula is C19H26N2O2. The number of nitrogens with one attached hydrogen (secondary N) is 1. The molecule has 1 heterocycles. The molecule has 23 heavy (non-hydrogen) atoms. The van der Waals surface area contributed by atoms with Gasteiger partial charge in [0, 0.05) is 25.9 Å². The molecule has 2 amide bonds. The molecule has 4 nitrogen and oxygen atoms in total. The summed E-state index contributed by atoms with van der Waals surface area (Å²) < 4.78 is 0. The van der Waals surface area contributed by atoms with Gasteiger partial charge in [-0.05, 0) is 30.7 Å². The molecule has 1 aliphatic carbocycles. The van der Waals surface area contributed by atoms with E-state index in [1.807, 2.05) is 25.2 Å². The van der Waals surface area contributed by atoms with Crippen LogP contribution >= 0.6 is 0 Å². The Kier molecular flexibility index (Phi) is 4.99. The van der Waals surface area contributed by atoms with Crippen LogP contribution in [0.1, 0.15) is 50.1 Å². The lowest BCUT2D eigenvalue weighted by molar-refractivity contribution is -0.139. The number of benzene rings is 1. The molecule has 0 aromatic heterocycles. The van der Waals surface area contributed by atoms with Gasteiger partial charge in [0.2, 0.25) is 11.8 Å². The van der Waals surface area contributed by atoms with Crippen molar-refractivity contribution in [3.8, 4) is 0 Å². The van der Waals surface area contributed by atoms with Gasteiger partial charge in [0.25, 0.3) is 0 Å². The van der Waals surface area contributed by atoms with Crippen molar-refractivity contribution in [3.63, 3.8) is 0 Å². The molecule has 1 saturated heterocycles. The highest BCUT2D eigenvalue weighted by Crippen LogP contribution is 2.36. The summed E-state index contributed by atoms with van der Waals surface area (Å²) in [7, 11) is 1.81. The molecule has 1 aromatic carbocycles. The summed E-state index contributed by atoms with van der Waals surface area (Å²) in [6.45, 7) is 0.677. The van der Waals surface area contributed by atoms with Gasteiger partial charge in [-0.15, -0.1) is 0 Å². The number of carbonyl (C=O) groups excluding carboxylic acids is 2. The Labute approximate surface area is 138 Å². The predicted molar refractivity (Wildman–Crippen MR) is 89.6 cm³/mol. The van der Waals surface area contributed by atoms with Gasteiger partial charge in [-0.2, -0.15) is 0 Å². The largest absolute Gasteiger partial charge is 0.349 e. The van der Waals surface area contributed by atoms with Crippen LogP contribution in [-0.2, 0) is 9.59 Å². The zero-order valence-electron chi connectivity index (χ0n) is 13.8. The van der Waals surface area contributed by atoms with Crippen LogP contribution in [-0.4, -0.2) is 30.3 Å². The smallest absolute Gasteiger partial charge is 0.224 e. The van der Waals surface area contributed by atoms with Crippen molar-refractivity contribution in [3.05, 3.63) is 35.9 Å². The Morgan fingerprint density at radius 3 is 2.52 bits per heavy atom. The topological polar surface area (TPSA) is 49.4 Å². The van der Waals surface area contributed by atoms with Gasteiger partial charge >= 0.3 is 0 Å². The van der Waals surface area contributed by atoms with E-state index in [0.29, 0.717) is 18.9 Å². The minimum absolute atomic E-state index is 0.0483. The molecule has 1 N–H and O–H groups in total. The van der Waals surface area contributed by atoms with Gasteiger partial charge in [-0.1, -0.05) is 43.2 Å². The number of hydrogen-bond acceptors (Lipinski definition) is 2. The fourth-order valence-electron chi connectivity index (χ4n) is 3.86. The lowest BCUT2D eigenvalue weighted by atomic mass is 9.89. The SMILES string of the molecule is CN1CC[C@H](C(=O)N[C@@H](c2ccccc2)C2CCCC2)CC1=O. The van der Waals surface area contributed by atoms with E-state index in [0.717, 1.165) is 6.42 Å². The first-order chi connectivity index (χ1) is 11.1. The molecule has 2 atom stereocenters. The van der Waals surface area contributed by atoms with E-state index in [1.165, 1.54) is 31.2 Å². The zero-order valence-corrected chi connectivity index (χ0v) is 13.8. The van der Waals surface area contributed by atoms with Gasteiger partial charge in [-0.25, -0.2) is 0 Å². The predicted octanol–water partition coefficient (Wildman–Crippen LogP) is 2.90. The maximum Gasteiger partial charge on any atom is 0.224 e. The normalized spacial score (nSPS) is 23.8. The number of likely N-dealkylation sites (tertiary alicyclic amines) is 1. The third kappa shape index (κ3) is 3.74. The first-order valence-corrected chi connectivity index (χ1v) is 8.74. The number of rotatable bonds is 4. The van der Waals surface area contributed by atoms with Crippen molar-refractivity contribution < 1.29 is 9.59 Å². The molecule has 0 radical (unpaired) electrons. The van der Waals surface area contributed by atoms with Gasteiger partial charge in [0.1, 0.15) is 0 Å². The van der Waals surface area contributed by atoms with Gasteiger partial charge in [0.05, 0.1) is 6.04 Å². The summed E-state index contributed by atoms with van der Waals surface area (Å²) >= 11 is 0. The molecule has 0 unspecified atom stereocenters. The molecule has 2 fully saturated rings. The standard InChI is InChI=1S/C19H26N2O2/c1-21-12-11-16(13-17(21)22)19(23)20-18(15-9-5-6-10-15)14-7-3-2-4-8-14/h2-4,7-8,15-16,18H,5-6,9-13H2,1H3,(H,20,23)/t16-,18-/m0/s1. The number of carbonyl (C=O) groups is 2. The Morgan fingerprint density at radius 2 is 1.87 bits per heavy atom. The molecule has 0 spiro atoms. The summed E-state index contributed by atoms with van der Waals surface area (Å²) in [5.41, 5.74) is 1.19. The minimum Gasteiger partial charge on any atom is -0.349 e. The number of amides is 2. The Balaban J connectivity index is 1.70. The van der Waals surface area contributed by atoms with Crippen LogP contribution in [0.4, 0.5) is 0 Å². The van der Waals surface area contributed by atoms with Crippen molar-refractivity contribution in [2.45, 2.75) is 44.6 Å². The second-order valence-corrected chi connectivity index (χ2v) is 6.95. The van der Waals surface area contributed by atoms with Crippen molar-refractivity contribution in [2.24, 2.45) is 11.8 Å². The molecule has 1 saturated carbocycles. The average molecular weight is 314 g/mol. The Bertz CT molecular complexity index is 552. The molecule has 4 heteroatoms. The fourth-order valence-corrected chi connectivity index (χ4v) is 3.86. The van der Waals surface area contributed by atoms with Gasteiger partial charge in [0.15, 0.2) is 0 Å². The second-order valence-electron chi connectivity index (χ2n) is 6.95. The number of piperidine rings is 1. The lowest BCUT2D eigenvalue weighted by Crippen LogP contribution is -2.43. The monoisotopic (exact) mass is 314 g/mol. The fraction of sp³-hybridized carbons (Fsp3) is 0.579. The van der Waals surface area contributed by atoms with E-state index in [9.17, 15) is 9.59 Å². The maximum atomic E-state index is 12.7. The highest BCUT2D eigenvalue weighted by molar-refractivity contribution is 5.87. The Hall–Kier alpha value is -1.84. The molecule has 1 aromatic rings. The molecule has 1 aliphatic heterocycles. The van der Waals surface area contributed by atoms with E-state index in [1.54, 1.807) is 4.90 Å². The third-order valence-electron chi connectivity index (χ3n) is 5.36. The highest BCUT2D eigenvalue weighted by atomic mass is 16.2. The van der Waals surface area contributed by atoms with Crippen LogP contribution in [0.2, 0.25) is 0 Å². The summed E-state index contributed by atoms with van der Waals surface area (Å²) in [5, 5.41) is 3.27. The van der Waals surface area contributed by atoms with E-state index in [2.05, 4.69) is 17.4 Å². The maximum absolute atomic E-state index is 12.7. The van der Waals surface area contributed by atoms with Crippen LogP contribution in [0.3, 0.4) is 0 Å². The lowest BCUT2D eigenvalue weighted by Gasteiger charge is -2.31. The summed E-state index contributed by atoms with van der Waals surface area (Å²) in [6.07, 6.45) is 5.94. The van der Waals surface area contributed by atoms with E-state index < -0.39 is 0 Å². The minimum atomic E-state index is -0.175. The van der Waals surface area contributed by atoms with E-state index in [-0.39, 0.29) is 23.8 Å². The first kappa shape index (κ1) is 16.0. The van der Waals surface area contributed by atoms with Crippen molar-refractivity contribution in [1.82, 2.24) is 10.2 Å². The van der Waals surface area contributed by atoms with Crippen LogP contribution in [0.15, 0.2) is 30.3 Å². The number of hydrogen-bond donors (Lipinski definition) is 1. The van der Waals surface area contributed by atoms with Crippen LogP contribution in [0, 0.1) is 11.8 Å². The number of nitrogens with zero attached hydrogens (tertiary/aromatic N) is 1. The van der Waals surface area contributed by atoms with Crippen LogP contribution in [0.5, 0.6) is 0 Å². The van der Waals surface area contributed by atoms with Crippen molar-refractivity contribution in [1.29, 1.82) is 0 Å². The third-order valence-corrected chi connectivity index (χ3v) is 5.36. The zero-order chi connectivity index (χ0) is 16.2. The molecule has 2 aliphatic rings. The van der Waals surface area contributed by atoms with E-state index in [4.69, 9.17) is 0 Å². The molecule has 3 rings (SSSR count). The molecular weight excluding hydrogens is 288 g/mol. The van der Waals surface area contributed by atoms with E-state index >= 15 is 0 Å². The highest BCUT2D eigenvalue weighted by Gasteiger charge is 2.33. The van der Waals surface area contributed by atoms with Crippen molar-refractivity contribution >= 4 is 11.8 Å². The average Bonchev–Trinajstić information content (AvgIpc) is 3.10. The quantitative estimate of drug-likeness (QED) is 0.929. The van der Waals surface area contributed by atoms with Crippen LogP contribution < -0.4 is 5.32 Å². The second kappa shape index (κ2) is 7.16. The first-order valence-electron chi connectivity index (χ1n) is 8.74. The van der Waals surface area contributed by atoms with Gasteiger partial charge in [-0.3, -0.25) is 9.59 Å². The van der Waals surface area contributed by atoms with Gasteiger partial charge < -0.3 is 10.2 Å². The summed E-state index contributed by atoms with van der Waals surface area (Å²) in [6, 6.07) is 10.4. The Morgan fingerprint density at radius 1 is 1.17 bits per heavy atom. The van der Waals surface area contributed by atoms with Crippen molar-refractivity contribution in [2.75, 3.05) is 13.6 Å².